The minimum Gasteiger partial charge on any atom is -0.477 e. The SMILES string of the molecule is CC(C)OCC[N+](C)(CCO)CC(=O)O. The average Bonchev–Trinajstić information content (AvgIpc) is 2.01. The van der Waals surface area contributed by atoms with E-state index in [2.05, 4.69) is 0 Å². The predicted octanol–water partition coefficient (Wildman–Crippen LogP) is -0.0651. The van der Waals surface area contributed by atoms with Gasteiger partial charge in [-0.25, -0.2) is 4.79 Å². The van der Waals surface area contributed by atoms with Crippen molar-refractivity contribution in [2.75, 3.05) is 39.9 Å². The third-order valence-corrected chi connectivity index (χ3v) is 2.24. The van der Waals surface area contributed by atoms with Crippen molar-refractivity contribution in [3.63, 3.8) is 0 Å². The predicted molar refractivity (Wildman–Crippen MR) is 56.6 cm³/mol. The molecule has 0 aromatic carbocycles. The zero-order valence-corrected chi connectivity index (χ0v) is 9.77. The monoisotopic (exact) mass is 220 g/mol. The van der Waals surface area contributed by atoms with Gasteiger partial charge in [-0.1, -0.05) is 0 Å². The highest BCUT2D eigenvalue weighted by atomic mass is 16.5. The van der Waals surface area contributed by atoms with Gasteiger partial charge < -0.3 is 19.4 Å². The summed E-state index contributed by atoms with van der Waals surface area (Å²) < 4.78 is 5.68. The quantitative estimate of drug-likeness (QED) is 0.562. The summed E-state index contributed by atoms with van der Waals surface area (Å²) >= 11 is 0. The van der Waals surface area contributed by atoms with Crippen LogP contribution in [0, 0.1) is 0 Å². The molecule has 2 N–H and O–H groups in total. The van der Waals surface area contributed by atoms with Crippen LogP contribution in [0.2, 0.25) is 0 Å². The number of likely N-dealkylation sites (N-methyl/N-ethyl adjacent to an activating group) is 1. The van der Waals surface area contributed by atoms with Crippen LogP contribution >= 0.6 is 0 Å². The summed E-state index contributed by atoms with van der Waals surface area (Å²) in [5.41, 5.74) is 0. The highest BCUT2D eigenvalue weighted by molar-refractivity contribution is 5.67. The third-order valence-electron chi connectivity index (χ3n) is 2.24. The Balaban J connectivity index is 4.06. The minimum atomic E-state index is -0.851. The van der Waals surface area contributed by atoms with Crippen LogP contribution in [0.3, 0.4) is 0 Å². The maximum absolute atomic E-state index is 10.6. The van der Waals surface area contributed by atoms with E-state index >= 15 is 0 Å². The lowest BCUT2D eigenvalue weighted by Gasteiger charge is -2.32. The van der Waals surface area contributed by atoms with Gasteiger partial charge in [0.2, 0.25) is 0 Å². The Morgan fingerprint density at radius 2 is 2.00 bits per heavy atom. The molecule has 0 heterocycles. The van der Waals surface area contributed by atoms with E-state index in [0.29, 0.717) is 24.2 Å². The van der Waals surface area contributed by atoms with Gasteiger partial charge in [0, 0.05) is 0 Å². The Morgan fingerprint density at radius 3 is 2.40 bits per heavy atom. The molecular formula is C10H22NO4+. The molecule has 0 fully saturated rings. The van der Waals surface area contributed by atoms with Crippen LogP contribution in [-0.4, -0.2) is 66.7 Å². The van der Waals surface area contributed by atoms with E-state index < -0.39 is 5.97 Å². The maximum atomic E-state index is 10.6. The lowest BCUT2D eigenvalue weighted by molar-refractivity contribution is -0.903. The fourth-order valence-electron chi connectivity index (χ4n) is 1.35. The van der Waals surface area contributed by atoms with Crippen LogP contribution < -0.4 is 0 Å². The first kappa shape index (κ1) is 14.3. The lowest BCUT2D eigenvalue weighted by Crippen LogP contribution is -2.51. The van der Waals surface area contributed by atoms with Gasteiger partial charge in [-0.15, -0.1) is 0 Å². The number of aliphatic carboxylic acids is 1. The number of aliphatic hydroxyl groups is 1. The number of carbonyl (C=O) groups is 1. The molecule has 5 nitrogen and oxygen atoms in total. The Labute approximate surface area is 90.9 Å². The molecule has 0 radical (unpaired) electrons. The molecule has 0 rings (SSSR count). The summed E-state index contributed by atoms with van der Waals surface area (Å²) in [6.07, 6.45) is 0.150. The van der Waals surface area contributed by atoms with Crippen molar-refractivity contribution < 1.29 is 24.2 Å². The average molecular weight is 220 g/mol. The second-order valence-corrected chi connectivity index (χ2v) is 4.26. The molecule has 0 saturated carbocycles. The van der Waals surface area contributed by atoms with Crippen molar-refractivity contribution in [3.8, 4) is 0 Å². The Hall–Kier alpha value is -0.650. The van der Waals surface area contributed by atoms with E-state index in [1.807, 2.05) is 20.9 Å². The summed E-state index contributed by atoms with van der Waals surface area (Å²) in [6.45, 7) is 5.44. The molecule has 0 bridgehead atoms. The molecule has 15 heavy (non-hydrogen) atoms. The van der Waals surface area contributed by atoms with Gasteiger partial charge in [0.1, 0.15) is 13.1 Å². The zero-order valence-electron chi connectivity index (χ0n) is 9.77. The topological polar surface area (TPSA) is 66.8 Å². The Bertz CT molecular complexity index is 196. The van der Waals surface area contributed by atoms with Gasteiger partial charge in [0.25, 0.3) is 0 Å². The van der Waals surface area contributed by atoms with E-state index in [-0.39, 0.29) is 19.3 Å². The molecule has 0 aromatic heterocycles. The summed E-state index contributed by atoms with van der Waals surface area (Å²) in [5, 5.41) is 17.6. The van der Waals surface area contributed by atoms with Crippen molar-refractivity contribution in [2.45, 2.75) is 20.0 Å². The van der Waals surface area contributed by atoms with Crippen molar-refractivity contribution in [1.82, 2.24) is 0 Å². The molecule has 0 aliphatic rings. The molecule has 1 atom stereocenters. The third kappa shape index (κ3) is 7.30. The molecule has 5 heteroatoms. The number of ether oxygens (including phenoxy) is 1. The smallest absolute Gasteiger partial charge is 0.359 e. The Kier molecular flexibility index (Phi) is 6.47. The van der Waals surface area contributed by atoms with Gasteiger partial charge >= 0.3 is 5.97 Å². The zero-order chi connectivity index (χ0) is 11.9. The minimum absolute atomic E-state index is 0.00847. The first-order chi connectivity index (χ1) is 6.89. The van der Waals surface area contributed by atoms with Crippen LogP contribution in [0.15, 0.2) is 0 Å². The highest BCUT2D eigenvalue weighted by Crippen LogP contribution is 2.02. The molecular weight excluding hydrogens is 198 g/mol. The van der Waals surface area contributed by atoms with E-state index in [1.165, 1.54) is 0 Å². The first-order valence-electron chi connectivity index (χ1n) is 5.17. The van der Waals surface area contributed by atoms with Crippen molar-refractivity contribution in [2.24, 2.45) is 0 Å². The summed E-state index contributed by atoms with van der Waals surface area (Å²) in [6, 6.07) is 0. The van der Waals surface area contributed by atoms with Gasteiger partial charge in [-0.05, 0) is 13.8 Å². The fraction of sp³-hybridized carbons (Fsp3) is 0.900. The largest absolute Gasteiger partial charge is 0.477 e. The van der Waals surface area contributed by atoms with Crippen LogP contribution in [0.5, 0.6) is 0 Å². The number of quaternary nitrogens is 1. The highest BCUT2D eigenvalue weighted by Gasteiger charge is 2.24. The van der Waals surface area contributed by atoms with Crippen LogP contribution in [-0.2, 0) is 9.53 Å². The molecule has 90 valence electrons. The van der Waals surface area contributed by atoms with Crippen LogP contribution in [0.4, 0.5) is 0 Å². The van der Waals surface area contributed by atoms with Gasteiger partial charge in [-0.3, -0.25) is 0 Å². The van der Waals surface area contributed by atoms with Crippen molar-refractivity contribution in [3.05, 3.63) is 0 Å². The number of nitrogens with zero attached hydrogens (tertiary/aromatic N) is 1. The standard InChI is InChI=1S/C10H21NO4/c1-9(2)15-7-5-11(3,4-6-12)8-10(13)14/h9,12H,4-8H2,1-3H3/p+1. The van der Waals surface area contributed by atoms with Gasteiger partial charge in [0.15, 0.2) is 6.54 Å². The number of hydrogen-bond donors (Lipinski definition) is 2. The Morgan fingerprint density at radius 1 is 1.40 bits per heavy atom. The number of rotatable bonds is 8. The van der Waals surface area contributed by atoms with Gasteiger partial charge in [0.05, 0.1) is 26.4 Å². The second-order valence-electron chi connectivity index (χ2n) is 4.26. The molecule has 0 spiro atoms. The summed E-state index contributed by atoms with van der Waals surface area (Å²) in [4.78, 5) is 10.6. The van der Waals surface area contributed by atoms with Crippen LogP contribution in [0.1, 0.15) is 13.8 Å². The number of aliphatic hydroxyl groups excluding tert-OH is 1. The van der Waals surface area contributed by atoms with E-state index in [4.69, 9.17) is 14.9 Å². The summed E-state index contributed by atoms with van der Waals surface area (Å²) in [5.74, 6) is -0.851. The molecule has 0 saturated heterocycles. The lowest BCUT2D eigenvalue weighted by atomic mass is 10.3. The molecule has 0 aromatic rings. The first-order valence-corrected chi connectivity index (χ1v) is 5.17. The maximum Gasteiger partial charge on any atom is 0.359 e. The van der Waals surface area contributed by atoms with Crippen molar-refractivity contribution >= 4 is 5.97 Å². The molecule has 1 unspecified atom stereocenters. The normalized spacial score (nSPS) is 15.3. The summed E-state index contributed by atoms with van der Waals surface area (Å²) in [7, 11) is 1.81. The molecule has 0 amide bonds. The number of carboxylic acids is 1. The van der Waals surface area contributed by atoms with E-state index in [9.17, 15) is 4.79 Å². The fourth-order valence-corrected chi connectivity index (χ4v) is 1.35. The molecule has 0 aliphatic carbocycles. The molecule has 0 aliphatic heterocycles. The number of hydrogen-bond acceptors (Lipinski definition) is 3. The van der Waals surface area contributed by atoms with Crippen LogP contribution in [0.25, 0.3) is 0 Å². The van der Waals surface area contributed by atoms with E-state index in [0.717, 1.165) is 0 Å². The van der Waals surface area contributed by atoms with Crippen molar-refractivity contribution in [1.29, 1.82) is 0 Å². The van der Waals surface area contributed by atoms with Gasteiger partial charge in [-0.2, -0.15) is 0 Å². The second kappa shape index (κ2) is 6.76. The van der Waals surface area contributed by atoms with E-state index in [1.54, 1.807) is 0 Å². The number of carboxylic acid groups (broad SMARTS) is 1.